The van der Waals surface area contributed by atoms with Gasteiger partial charge in [-0.15, -0.1) is 11.3 Å². The number of rotatable bonds is 5. The smallest absolute Gasteiger partial charge is 0.410 e. The molecule has 0 aliphatic carbocycles. The van der Waals surface area contributed by atoms with Crippen LogP contribution in [0.1, 0.15) is 11.3 Å². The number of aromatic nitrogens is 2. The monoisotopic (exact) mass is 641 g/mol. The molecule has 4 aromatic rings. The Labute approximate surface area is 256 Å². The Morgan fingerprint density at radius 3 is 2.81 bits per heavy atom. The zero-order valence-electron chi connectivity index (χ0n) is 22.5. The van der Waals surface area contributed by atoms with Gasteiger partial charge in [0.1, 0.15) is 28.9 Å². The summed E-state index contributed by atoms with van der Waals surface area (Å²) in [5.74, 6) is 6.24. The molecule has 2 aromatic heterocycles. The summed E-state index contributed by atoms with van der Waals surface area (Å²) >= 11 is 7.78. The second-order valence-electron chi connectivity index (χ2n) is 9.85. The van der Waals surface area contributed by atoms with Crippen molar-refractivity contribution in [3.8, 4) is 11.8 Å². The van der Waals surface area contributed by atoms with Gasteiger partial charge in [0, 0.05) is 31.7 Å². The minimum atomic E-state index is -4.02. The normalized spacial score (nSPS) is 18.7. The van der Waals surface area contributed by atoms with Gasteiger partial charge in [-0.25, -0.2) is 27.6 Å². The molecule has 0 bridgehead atoms. The first-order valence-corrected chi connectivity index (χ1v) is 16.0. The molecule has 2 aliphatic heterocycles. The van der Waals surface area contributed by atoms with Crippen LogP contribution in [0.25, 0.3) is 10.2 Å². The van der Waals surface area contributed by atoms with Crippen LogP contribution in [-0.4, -0.2) is 74.4 Å². The number of nitrogens with zero attached hydrogens (tertiary/aromatic N) is 3. The number of thiophene rings is 1. The highest BCUT2D eigenvalue weighted by Crippen LogP contribution is 2.33. The van der Waals surface area contributed by atoms with Gasteiger partial charge in [0.05, 0.1) is 44.3 Å². The van der Waals surface area contributed by atoms with Gasteiger partial charge in [-0.3, -0.25) is 5.32 Å². The maximum Gasteiger partial charge on any atom is 0.410 e. The van der Waals surface area contributed by atoms with Crippen molar-refractivity contribution in [2.45, 2.75) is 28.4 Å². The fraction of sp³-hybridized carbons (Fsp3) is 0.276. The Bertz CT molecular complexity index is 1850. The van der Waals surface area contributed by atoms with E-state index in [9.17, 15) is 17.6 Å². The van der Waals surface area contributed by atoms with Crippen molar-refractivity contribution in [2.75, 3.05) is 38.2 Å². The Morgan fingerprint density at radius 2 is 2.02 bits per heavy atom. The van der Waals surface area contributed by atoms with E-state index in [0.29, 0.717) is 50.8 Å². The lowest BCUT2D eigenvalue weighted by molar-refractivity contribution is 0.0156. The molecular formula is C29H25ClFN5O5S2. The molecule has 222 valence electrons. The number of halogens is 2. The highest BCUT2D eigenvalue weighted by molar-refractivity contribution is 7.91. The predicted octanol–water partition coefficient (Wildman–Crippen LogP) is 4.61. The van der Waals surface area contributed by atoms with Gasteiger partial charge in [0.25, 0.3) is 0 Å². The Kier molecular flexibility index (Phi) is 8.47. The second kappa shape index (κ2) is 12.4. The van der Waals surface area contributed by atoms with Crippen LogP contribution >= 0.6 is 22.9 Å². The number of amides is 1. The van der Waals surface area contributed by atoms with Gasteiger partial charge in [0.2, 0.25) is 9.84 Å². The molecule has 2 saturated heterocycles. The molecular weight excluding hydrogens is 617 g/mol. The minimum Gasteiger partial charge on any atom is -0.445 e. The number of benzene rings is 2. The predicted molar refractivity (Wildman–Crippen MR) is 160 cm³/mol. The number of carbonyl (C=O) groups excluding carboxylic acids is 1. The largest absolute Gasteiger partial charge is 0.445 e. The minimum absolute atomic E-state index is 0.0190. The van der Waals surface area contributed by atoms with Crippen LogP contribution in [0.3, 0.4) is 0 Å². The first kappa shape index (κ1) is 29.3. The van der Waals surface area contributed by atoms with Crippen molar-refractivity contribution in [1.82, 2.24) is 20.2 Å². The van der Waals surface area contributed by atoms with Crippen LogP contribution in [0.5, 0.6) is 0 Å². The van der Waals surface area contributed by atoms with E-state index in [1.807, 2.05) is 6.07 Å². The molecule has 0 unspecified atom stereocenters. The number of sulfone groups is 1. The molecule has 2 aliphatic rings. The summed E-state index contributed by atoms with van der Waals surface area (Å²) in [6.45, 7) is 2.64. The lowest BCUT2D eigenvalue weighted by atomic mass is 10.2. The van der Waals surface area contributed by atoms with Crippen LogP contribution in [0.4, 0.5) is 20.7 Å². The van der Waals surface area contributed by atoms with Crippen molar-refractivity contribution < 1.29 is 27.1 Å². The third kappa shape index (κ3) is 6.58. The number of carbonyl (C=O) groups is 1. The number of anilines is 2. The molecule has 2 aromatic carbocycles. The van der Waals surface area contributed by atoms with Gasteiger partial charge in [-0.05, 0) is 42.5 Å². The molecule has 6 rings (SSSR count). The first-order chi connectivity index (χ1) is 20.8. The zero-order chi connectivity index (χ0) is 30.0. The van der Waals surface area contributed by atoms with E-state index < -0.39 is 15.7 Å². The third-order valence-electron chi connectivity index (χ3n) is 6.92. The molecule has 2 fully saturated rings. The van der Waals surface area contributed by atoms with Crippen LogP contribution < -0.4 is 10.6 Å². The van der Waals surface area contributed by atoms with Crippen LogP contribution in [0.15, 0.2) is 64.6 Å². The topological polar surface area (TPSA) is 123 Å². The van der Waals surface area contributed by atoms with Gasteiger partial charge in [-0.1, -0.05) is 29.5 Å². The molecule has 2 N–H and O–H groups in total. The molecule has 14 heteroatoms. The van der Waals surface area contributed by atoms with E-state index in [1.54, 1.807) is 11.0 Å². The zero-order valence-corrected chi connectivity index (χ0v) is 24.9. The first-order valence-electron chi connectivity index (χ1n) is 13.4. The van der Waals surface area contributed by atoms with Crippen molar-refractivity contribution in [1.29, 1.82) is 0 Å². The van der Waals surface area contributed by atoms with Crippen molar-refractivity contribution >= 4 is 60.6 Å². The van der Waals surface area contributed by atoms with E-state index in [1.165, 1.54) is 48.0 Å². The van der Waals surface area contributed by atoms with Crippen molar-refractivity contribution in [2.24, 2.45) is 0 Å². The fourth-order valence-electron chi connectivity index (χ4n) is 4.74. The van der Waals surface area contributed by atoms with Crippen LogP contribution in [0, 0.1) is 17.7 Å². The third-order valence-corrected chi connectivity index (χ3v) is 10.1. The summed E-state index contributed by atoms with van der Waals surface area (Å²) < 4.78 is 50.6. The maximum atomic E-state index is 13.6. The number of hydrogen-bond donors (Lipinski definition) is 2. The lowest BCUT2D eigenvalue weighted by Crippen LogP contribution is -2.42. The molecule has 0 spiro atoms. The number of hydrogen-bond acceptors (Lipinski definition) is 10. The summed E-state index contributed by atoms with van der Waals surface area (Å²) in [6.07, 6.45) is 1.44. The van der Waals surface area contributed by atoms with Gasteiger partial charge in [0.15, 0.2) is 0 Å². The van der Waals surface area contributed by atoms with Gasteiger partial charge < -0.3 is 19.7 Å². The highest BCUT2D eigenvalue weighted by atomic mass is 35.5. The highest BCUT2D eigenvalue weighted by Gasteiger charge is 2.28. The molecule has 0 saturated carbocycles. The van der Waals surface area contributed by atoms with Crippen molar-refractivity contribution in [3.63, 3.8) is 0 Å². The molecule has 43 heavy (non-hydrogen) atoms. The van der Waals surface area contributed by atoms with Crippen LogP contribution in [-0.2, 0) is 19.3 Å². The average Bonchev–Trinajstić information content (AvgIpc) is 3.63. The standard InChI is InChI=1S/C29H25ClFN5O5S2/c30-25-14-20(5-7-26(25)43(38,39)23-3-1-2-18(31)12-23)35-27-24-15-22(42-28(24)34-17-33-27)6-4-19-13-21(16-32-19)41-29(37)36-8-10-40-11-9-36/h1-3,5,7,12,14-15,17,19,21,32H,8-11,13,16H2,(H,33,34,35)/t19-,21-/m1/s1. The second-order valence-corrected chi connectivity index (χ2v) is 13.2. The quantitative estimate of drug-likeness (QED) is 0.301. The Balaban J connectivity index is 1.13. The SMILES string of the molecule is O=C(O[C@H]1CN[C@H](C#Cc2cc3c(Nc4ccc(S(=O)(=O)c5cccc(F)c5)c(Cl)c4)ncnc3s2)C1)N1CCOCC1. The number of fused-ring (bicyclic) bond motifs is 1. The maximum absolute atomic E-state index is 13.6. The lowest BCUT2D eigenvalue weighted by Gasteiger charge is -2.27. The molecule has 0 radical (unpaired) electrons. The average molecular weight is 642 g/mol. The number of nitrogens with one attached hydrogen (secondary N) is 2. The van der Waals surface area contributed by atoms with E-state index in [4.69, 9.17) is 21.1 Å². The summed E-state index contributed by atoms with van der Waals surface area (Å²) in [4.78, 5) is 23.9. The van der Waals surface area contributed by atoms with E-state index in [2.05, 4.69) is 32.4 Å². The molecule has 2 atom stereocenters. The van der Waals surface area contributed by atoms with E-state index in [-0.39, 0.29) is 33.1 Å². The van der Waals surface area contributed by atoms with Gasteiger partial charge >= 0.3 is 6.09 Å². The summed E-state index contributed by atoms with van der Waals surface area (Å²) in [5, 5.41) is 7.18. The summed E-state index contributed by atoms with van der Waals surface area (Å²) in [6, 6.07) is 10.9. The fourth-order valence-corrected chi connectivity index (χ4v) is 7.42. The summed E-state index contributed by atoms with van der Waals surface area (Å²) in [7, 11) is -4.02. The molecule has 10 nitrogen and oxygen atoms in total. The van der Waals surface area contributed by atoms with E-state index in [0.717, 1.165) is 21.2 Å². The summed E-state index contributed by atoms with van der Waals surface area (Å²) in [5.41, 5.74) is 0.509. The van der Waals surface area contributed by atoms with Crippen molar-refractivity contribution in [3.05, 3.63) is 70.6 Å². The Hall–Kier alpha value is -3.80. The Morgan fingerprint density at radius 1 is 1.19 bits per heavy atom. The van der Waals surface area contributed by atoms with E-state index >= 15 is 0 Å². The number of morpholine rings is 1. The van der Waals surface area contributed by atoms with Gasteiger partial charge in [-0.2, -0.15) is 0 Å². The molecule has 4 heterocycles. The number of ether oxygens (including phenoxy) is 2. The molecule has 1 amide bonds. The van der Waals surface area contributed by atoms with Crippen LogP contribution in [0.2, 0.25) is 5.02 Å².